The second-order valence-corrected chi connectivity index (χ2v) is 22.5. The van der Waals surface area contributed by atoms with Crippen molar-refractivity contribution < 1.29 is 75.9 Å². The fraction of sp³-hybridized carbons (Fsp3) is 0.463. The Labute approximate surface area is 373 Å². The maximum atomic E-state index is 14.0. The summed E-state index contributed by atoms with van der Waals surface area (Å²) in [6.45, 7) is 6.52. The van der Waals surface area contributed by atoms with Crippen LogP contribution in [-0.4, -0.2) is 128 Å². The molecule has 23 heteroatoms. The molecule has 1 amide bonds. The topological polar surface area (TPSA) is 307 Å². The normalized spacial score (nSPS) is 18.3. The Balaban J connectivity index is 1.93. The van der Waals surface area contributed by atoms with E-state index in [0.29, 0.717) is 29.1 Å². The number of allylic oxidation sites excluding steroid dienone is 6. The van der Waals surface area contributed by atoms with Gasteiger partial charge in [-0.2, -0.15) is 38.2 Å². The van der Waals surface area contributed by atoms with Crippen LogP contribution in [0.2, 0.25) is 0 Å². The van der Waals surface area contributed by atoms with Crippen molar-refractivity contribution in [1.29, 1.82) is 0 Å². The second-order valence-electron chi connectivity index (χ2n) is 16.2. The van der Waals surface area contributed by atoms with Crippen LogP contribution in [0.25, 0.3) is 0 Å². The number of nitrogens with zero attached hydrogens (tertiary/aromatic N) is 2. The van der Waals surface area contributed by atoms with Gasteiger partial charge < -0.3 is 15.3 Å². The molecule has 352 valence electrons. The van der Waals surface area contributed by atoms with E-state index in [-0.39, 0.29) is 78.9 Å². The van der Waals surface area contributed by atoms with Crippen LogP contribution in [0, 0.1) is 0 Å². The number of hydrogen-bond acceptors (Lipinski definition) is 12. The van der Waals surface area contributed by atoms with Gasteiger partial charge in [0.1, 0.15) is 6.54 Å². The first-order valence-electron chi connectivity index (χ1n) is 20.2. The average Bonchev–Trinajstić information content (AvgIpc) is 3.51. The molecule has 2 aliphatic heterocycles. The Morgan fingerprint density at radius 2 is 1.38 bits per heavy atom. The Morgan fingerprint density at radius 3 is 1.97 bits per heavy atom. The van der Waals surface area contributed by atoms with E-state index in [9.17, 15) is 71.4 Å². The highest BCUT2D eigenvalue weighted by molar-refractivity contribution is 7.86. The zero-order chi connectivity index (χ0) is 48.1. The van der Waals surface area contributed by atoms with E-state index in [4.69, 9.17) is 0 Å². The van der Waals surface area contributed by atoms with Gasteiger partial charge in [0.25, 0.3) is 46.4 Å². The Morgan fingerprint density at radius 1 is 0.766 bits per heavy atom. The van der Waals surface area contributed by atoms with Crippen LogP contribution in [0.4, 0.5) is 11.4 Å². The SMILES string of the molecule is CCCC(=O)c1cc(C(=O)NCCS(=O)(=O)O)c2c(c1)N(CCCS(=O)(=O)O)C(=CC=CC=CC1=[N+](CCCS(=O)(=O)O)c3cccc(C(=O)O)c3C1(C)C)C2(C)CCCS(=O)(=O)O. The molecule has 0 saturated carbocycles. The maximum absolute atomic E-state index is 14.0. The fourth-order valence-electron chi connectivity index (χ4n) is 8.35. The van der Waals surface area contributed by atoms with Gasteiger partial charge in [-0.3, -0.25) is 27.8 Å². The van der Waals surface area contributed by atoms with E-state index in [2.05, 4.69) is 5.32 Å². The summed E-state index contributed by atoms with van der Waals surface area (Å²) in [5.74, 6) is -5.11. The minimum atomic E-state index is -4.50. The monoisotopic (exact) mass is 972 g/mol. The quantitative estimate of drug-likeness (QED) is 0.0390. The van der Waals surface area contributed by atoms with Crippen molar-refractivity contribution in [3.63, 3.8) is 0 Å². The molecule has 2 aromatic carbocycles. The predicted octanol–water partition coefficient (Wildman–Crippen LogP) is 4.36. The van der Waals surface area contributed by atoms with E-state index in [0.717, 1.165) is 0 Å². The minimum absolute atomic E-state index is 0.00136. The summed E-state index contributed by atoms with van der Waals surface area (Å²) in [7, 11) is -17.7. The van der Waals surface area contributed by atoms with Crippen molar-refractivity contribution in [2.75, 3.05) is 47.5 Å². The summed E-state index contributed by atoms with van der Waals surface area (Å²) in [6.07, 6.45) is 8.28. The maximum Gasteiger partial charge on any atom is 0.336 e. The van der Waals surface area contributed by atoms with Gasteiger partial charge in [0.05, 0.1) is 39.6 Å². The van der Waals surface area contributed by atoms with Crippen molar-refractivity contribution in [3.8, 4) is 0 Å². The summed E-state index contributed by atoms with van der Waals surface area (Å²) in [4.78, 5) is 41.3. The summed E-state index contributed by atoms with van der Waals surface area (Å²) >= 11 is 0. The molecular weight excluding hydrogens is 919 g/mol. The highest BCUT2D eigenvalue weighted by Gasteiger charge is 2.48. The smallest absolute Gasteiger partial charge is 0.336 e. The summed E-state index contributed by atoms with van der Waals surface area (Å²) in [5.41, 5.74) is 0.305. The molecule has 4 rings (SSSR count). The molecule has 6 N–H and O–H groups in total. The first-order chi connectivity index (χ1) is 29.5. The molecule has 2 heterocycles. The molecule has 19 nitrogen and oxygen atoms in total. The van der Waals surface area contributed by atoms with Crippen molar-refractivity contribution in [2.24, 2.45) is 0 Å². The van der Waals surface area contributed by atoms with Gasteiger partial charge in [0, 0.05) is 71.6 Å². The third-order valence-electron chi connectivity index (χ3n) is 11.0. The number of carboxylic acid groups (broad SMARTS) is 1. The Bertz CT molecular complexity index is 2760. The van der Waals surface area contributed by atoms with Gasteiger partial charge in [-0.15, -0.1) is 0 Å². The zero-order valence-electron chi connectivity index (χ0n) is 35.7. The number of fused-ring (bicyclic) bond motifs is 2. The number of carbonyl (C=O) groups is 3. The predicted molar refractivity (Wildman–Crippen MR) is 239 cm³/mol. The lowest BCUT2D eigenvalue weighted by Crippen LogP contribution is -2.33. The lowest BCUT2D eigenvalue weighted by Gasteiger charge is -2.31. The van der Waals surface area contributed by atoms with Crippen LogP contribution in [0.5, 0.6) is 0 Å². The Kier molecular flexibility index (Phi) is 16.5. The van der Waals surface area contributed by atoms with Gasteiger partial charge in [-0.1, -0.05) is 31.2 Å². The molecule has 0 spiro atoms. The van der Waals surface area contributed by atoms with Crippen LogP contribution in [-0.2, 0) is 51.3 Å². The molecule has 1 atom stereocenters. The molecule has 2 aliphatic rings. The number of rotatable bonds is 23. The summed E-state index contributed by atoms with van der Waals surface area (Å²) in [6, 6.07) is 7.58. The van der Waals surface area contributed by atoms with Crippen molar-refractivity contribution in [1.82, 2.24) is 5.32 Å². The number of nitrogens with one attached hydrogen (secondary N) is 1. The number of carboxylic acids is 1. The molecule has 0 fully saturated rings. The molecule has 0 saturated heterocycles. The summed E-state index contributed by atoms with van der Waals surface area (Å²) in [5, 5.41) is 12.5. The first-order valence-corrected chi connectivity index (χ1v) is 26.6. The van der Waals surface area contributed by atoms with Crippen molar-refractivity contribution >= 4 is 75.2 Å². The molecule has 64 heavy (non-hydrogen) atoms. The van der Waals surface area contributed by atoms with Gasteiger partial charge in [0.15, 0.2) is 11.5 Å². The van der Waals surface area contributed by atoms with Gasteiger partial charge in [-0.25, -0.2) is 4.79 Å². The molecule has 0 aliphatic carbocycles. The first kappa shape index (κ1) is 52.0. The number of carbonyl (C=O) groups excluding carboxylic acids is 2. The molecule has 0 bridgehead atoms. The zero-order valence-corrected chi connectivity index (χ0v) is 39.0. The fourth-order valence-corrected chi connectivity index (χ4v) is 10.2. The van der Waals surface area contributed by atoms with E-state index < -0.39 is 92.7 Å². The number of hydrogen-bond donors (Lipinski definition) is 6. The molecule has 1 unspecified atom stereocenters. The minimum Gasteiger partial charge on any atom is -0.478 e. The largest absolute Gasteiger partial charge is 0.478 e. The third-order valence-corrected chi connectivity index (χ3v) is 14.1. The average molecular weight is 973 g/mol. The molecular formula is C41H54N3O16S4+. The van der Waals surface area contributed by atoms with Crippen LogP contribution >= 0.6 is 0 Å². The number of amides is 1. The number of benzene rings is 2. The molecule has 0 aromatic heterocycles. The number of aromatic carboxylic acids is 1. The highest BCUT2D eigenvalue weighted by Crippen LogP contribution is 2.53. The van der Waals surface area contributed by atoms with Gasteiger partial charge in [-0.05, 0) is 70.7 Å². The van der Waals surface area contributed by atoms with Crippen molar-refractivity contribution in [2.45, 2.75) is 77.0 Å². The van der Waals surface area contributed by atoms with Crippen LogP contribution in [0.15, 0.2) is 66.4 Å². The molecule has 0 radical (unpaired) electrons. The third kappa shape index (κ3) is 13.2. The van der Waals surface area contributed by atoms with E-state index in [1.54, 1.807) is 79.7 Å². The number of anilines is 1. The van der Waals surface area contributed by atoms with E-state index in [1.165, 1.54) is 18.2 Å². The van der Waals surface area contributed by atoms with Crippen LogP contribution < -0.4 is 10.2 Å². The molecule has 2 aromatic rings. The van der Waals surface area contributed by atoms with E-state index in [1.807, 2.05) is 0 Å². The Hall–Kier alpha value is -4.62. The highest BCUT2D eigenvalue weighted by atomic mass is 32.2. The lowest BCUT2D eigenvalue weighted by molar-refractivity contribution is -0.437. The van der Waals surface area contributed by atoms with E-state index >= 15 is 0 Å². The van der Waals surface area contributed by atoms with Gasteiger partial charge in [0.2, 0.25) is 5.69 Å². The van der Waals surface area contributed by atoms with Crippen molar-refractivity contribution in [3.05, 3.63) is 94.2 Å². The second kappa shape index (κ2) is 20.3. The van der Waals surface area contributed by atoms with Gasteiger partial charge >= 0.3 is 5.97 Å². The van der Waals surface area contributed by atoms with Crippen LogP contribution in [0.1, 0.15) is 108 Å². The number of Topliss-reactive ketones (excluding diaryl/α,β-unsaturated/α-hetero) is 1. The lowest BCUT2D eigenvalue weighted by atomic mass is 9.75. The number of ketones is 1. The standard InChI is InChI=1S/C41H53N3O16S4/c1-5-13-33(45)28-26-30(38(46)42-19-25-64(58,59)60)37-32(27-28)44(21-12-24-63(55,56)57)35(41(37,4)18-10-22-61(49,50)51)17-8-6-7-16-34-40(2,3)36-29(39(47)48)14-9-15-31(36)43(34)20-11-23-62(52,53)54/h6-9,14-17,26-27H,5,10-13,18-25H2,1-4H3,(H5-,42,46,47,48,49,50,51,52,53,54,55,56,57,58,59,60)/p+1. The summed E-state index contributed by atoms with van der Waals surface area (Å²) < 4.78 is 134. The van der Waals surface area contributed by atoms with Crippen LogP contribution in [0.3, 0.4) is 0 Å².